The predicted molar refractivity (Wildman–Crippen MR) is 64.2 cm³/mol. The number of nitrogens with zero attached hydrogens (tertiary/aromatic N) is 2. The van der Waals surface area contributed by atoms with E-state index in [1.807, 2.05) is 0 Å². The number of likely N-dealkylation sites (tertiary alicyclic amines) is 1. The molecule has 1 saturated heterocycles. The van der Waals surface area contributed by atoms with Gasteiger partial charge in [-0.1, -0.05) is 0 Å². The Morgan fingerprint density at radius 3 is 2.63 bits per heavy atom. The van der Waals surface area contributed by atoms with E-state index in [0.29, 0.717) is 25.9 Å². The molecule has 1 heterocycles. The van der Waals surface area contributed by atoms with Gasteiger partial charge in [0.2, 0.25) is 5.82 Å². The number of rotatable bonds is 2. The Balaban J connectivity index is 2.20. The molecule has 0 unspecified atom stereocenters. The lowest BCUT2D eigenvalue weighted by atomic mass is 10.1. The van der Waals surface area contributed by atoms with Crippen LogP contribution in [0.4, 0.5) is 10.1 Å². The lowest BCUT2D eigenvalue weighted by molar-refractivity contribution is -0.387. The molecule has 1 aliphatic rings. The summed E-state index contributed by atoms with van der Waals surface area (Å²) in [6.07, 6.45) is 0.552. The summed E-state index contributed by atoms with van der Waals surface area (Å²) in [5.41, 5.74) is -0.618. The third-order valence-corrected chi connectivity index (χ3v) is 3.14. The summed E-state index contributed by atoms with van der Waals surface area (Å²) in [6.45, 7) is 0.788. The number of aliphatic hydroxyl groups excluding tert-OH is 1. The molecule has 1 aromatic rings. The van der Waals surface area contributed by atoms with Gasteiger partial charge >= 0.3 is 5.69 Å². The molecule has 102 valence electrons. The van der Waals surface area contributed by atoms with E-state index in [9.17, 15) is 24.4 Å². The fourth-order valence-electron chi connectivity index (χ4n) is 2.04. The predicted octanol–water partition coefficient (Wildman–Crippen LogP) is 1.33. The van der Waals surface area contributed by atoms with Gasteiger partial charge in [0.1, 0.15) is 0 Å². The Bertz CT molecular complexity index is 512. The zero-order valence-corrected chi connectivity index (χ0v) is 10.1. The maximum absolute atomic E-state index is 13.2. The zero-order valence-electron chi connectivity index (χ0n) is 10.1. The van der Waals surface area contributed by atoms with E-state index in [1.165, 1.54) is 11.0 Å². The van der Waals surface area contributed by atoms with Gasteiger partial charge in [-0.3, -0.25) is 14.9 Å². The maximum Gasteiger partial charge on any atom is 0.305 e. The Morgan fingerprint density at radius 2 is 2.05 bits per heavy atom. The number of piperidine rings is 1. The first-order valence-corrected chi connectivity index (χ1v) is 5.90. The van der Waals surface area contributed by atoms with Crippen molar-refractivity contribution in [3.8, 4) is 0 Å². The molecule has 6 nitrogen and oxygen atoms in total. The molecule has 1 aromatic carbocycles. The molecule has 0 aromatic heterocycles. The molecule has 0 bridgehead atoms. The first-order valence-electron chi connectivity index (χ1n) is 5.90. The normalized spacial score (nSPS) is 16.4. The summed E-state index contributed by atoms with van der Waals surface area (Å²) in [7, 11) is 0. The zero-order chi connectivity index (χ0) is 14.0. The number of nitro groups is 1. The van der Waals surface area contributed by atoms with Gasteiger partial charge in [-0.05, 0) is 25.0 Å². The van der Waals surface area contributed by atoms with Crippen LogP contribution >= 0.6 is 0 Å². The Morgan fingerprint density at radius 1 is 1.42 bits per heavy atom. The first-order chi connectivity index (χ1) is 8.99. The van der Waals surface area contributed by atoms with E-state index in [4.69, 9.17) is 0 Å². The SMILES string of the molecule is O=C(c1ccc(F)c([N+](=O)[O-])c1)N1CCC(O)CC1. The highest BCUT2D eigenvalue weighted by molar-refractivity contribution is 5.94. The molecule has 1 amide bonds. The molecule has 0 saturated carbocycles. The van der Waals surface area contributed by atoms with Gasteiger partial charge in [-0.25, -0.2) is 0 Å². The molecule has 7 heteroatoms. The van der Waals surface area contributed by atoms with Crippen LogP contribution in [0.3, 0.4) is 0 Å². The second-order valence-corrected chi connectivity index (χ2v) is 4.45. The van der Waals surface area contributed by atoms with Crippen molar-refractivity contribution < 1.29 is 19.2 Å². The van der Waals surface area contributed by atoms with Crippen molar-refractivity contribution in [3.05, 3.63) is 39.7 Å². The number of amides is 1. The standard InChI is InChI=1S/C12H13FN2O4/c13-10-2-1-8(7-11(10)15(18)19)12(17)14-5-3-9(16)4-6-14/h1-2,7,9,16H,3-6H2. The van der Waals surface area contributed by atoms with Crippen molar-refractivity contribution in [1.82, 2.24) is 4.90 Å². The summed E-state index contributed by atoms with van der Waals surface area (Å²) >= 11 is 0. The third-order valence-electron chi connectivity index (χ3n) is 3.14. The second-order valence-electron chi connectivity index (χ2n) is 4.45. The minimum absolute atomic E-state index is 0.0875. The van der Waals surface area contributed by atoms with Gasteiger partial charge in [-0.2, -0.15) is 4.39 Å². The van der Waals surface area contributed by atoms with Crippen LogP contribution in [0.2, 0.25) is 0 Å². The van der Waals surface area contributed by atoms with E-state index in [2.05, 4.69) is 0 Å². The maximum atomic E-state index is 13.2. The number of carbonyl (C=O) groups is 1. The van der Waals surface area contributed by atoms with Crippen LogP contribution in [-0.4, -0.2) is 40.0 Å². The van der Waals surface area contributed by atoms with E-state index in [-0.39, 0.29) is 11.5 Å². The van der Waals surface area contributed by atoms with Gasteiger partial charge in [-0.15, -0.1) is 0 Å². The van der Waals surface area contributed by atoms with Crippen LogP contribution in [-0.2, 0) is 0 Å². The number of benzene rings is 1. The van der Waals surface area contributed by atoms with Crippen molar-refractivity contribution >= 4 is 11.6 Å². The van der Waals surface area contributed by atoms with Gasteiger partial charge in [0.05, 0.1) is 11.0 Å². The summed E-state index contributed by atoms with van der Waals surface area (Å²) < 4.78 is 13.2. The largest absolute Gasteiger partial charge is 0.393 e. The summed E-state index contributed by atoms with van der Waals surface area (Å²) in [5.74, 6) is -1.34. The van der Waals surface area contributed by atoms with E-state index in [1.54, 1.807) is 0 Å². The fourth-order valence-corrected chi connectivity index (χ4v) is 2.04. The number of halogens is 1. The molecule has 1 N–H and O–H groups in total. The lowest BCUT2D eigenvalue weighted by Gasteiger charge is -2.29. The molecule has 0 aliphatic carbocycles. The summed E-state index contributed by atoms with van der Waals surface area (Å²) in [6, 6.07) is 3.10. The highest BCUT2D eigenvalue weighted by atomic mass is 19.1. The summed E-state index contributed by atoms with van der Waals surface area (Å²) in [5, 5.41) is 20.0. The molecule has 2 rings (SSSR count). The highest BCUT2D eigenvalue weighted by Crippen LogP contribution is 2.21. The number of carbonyl (C=O) groups excluding carboxylic acids is 1. The van der Waals surface area contributed by atoms with Gasteiger partial charge in [0.15, 0.2) is 0 Å². The topological polar surface area (TPSA) is 83.7 Å². The lowest BCUT2D eigenvalue weighted by Crippen LogP contribution is -2.40. The van der Waals surface area contributed by atoms with E-state index in [0.717, 1.165) is 12.1 Å². The van der Waals surface area contributed by atoms with Crippen molar-refractivity contribution in [2.24, 2.45) is 0 Å². The molecule has 19 heavy (non-hydrogen) atoms. The second kappa shape index (κ2) is 5.31. The van der Waals surface area contributed by atoms with Crippen LogP contribution < -0.4 is 0 Å². The van der Waals surface area contributed by atoms with Crippen molar-refractivity contribution in [2.75, 3.05) is 13.1 Å². The molecule has 1 fully saturated rings. The van der Waals surface area contributed by atoms with Crippen LogP contribution in [0.1, 0.15) is 23.2 Å². The van der Waals surface area contributed by atoms with Crippen molar-refractivity contribution in [1.29, 1.82) is 0 Å². The molecular weight excluding hydrogens is 255 g/mol. The highest BCUT2D eigenvalue weighted by Gasteiger charge is 2.24. The third kappa shape index (κ3) is 2.87. The van der Waals surface area contributed by atoms with Crippen LogP contribution in [0, 0.1) is 15.9 Å². The van der Waals surface area contributed by atoms with Crippen molar-refractivity contribution in [3.63, 3.8) is 0 Å². The van der Waals surface area contributed by atoms with E-state index < -0.39 is 22.5 Å². The number of nitro benzene ring substituents is 1. The van der Waals surface area contributed by atoms with E-state index >= 15 is 0 Å². The number of hydrogen-bond acceptors (Lipinski definition) is 4. The minimum Gasteiger partial charge on any atom is -0.393 e. The molecule has 0 atom stereocenters. The van der Waals surface area contributed by atoms with Crippen LogP contribution in [0.5, 0.6) is 0 Å². The Labute approximate surface area is 108 Å². The van der Waals surface area contributed by atoms with Gasteiger partial charge < -0.3 is 10.0 Å². The van der Waals surface area contributed by atoms with Gasteiger partial charge in [0, 0.05) is 24.7 Å². The smallest absolute Gasteiger partial charge is 0.305 e. The fraction of sp³-hybridized carbons (Fsp3) is 0.417. The number of aliphatic hydroxyl groups is 1. The Kier molecular flexibility index (Phi) is 3.75. The summed E-state index contributed by atoms with van der Waals surface area (Å²) in [4.78, 5) is 23.4. The monoisotopic (exact) mass is 268 g/mol. The molecule has 0 radical (unpaired) electrons. The van der Waals surface area contributed by atoms with Crippen LogP contribution in [0.25, 0.3) is 0 Å². The molecule has 0 spiro atoms. The number of hydrogen-bond donors (Lipinski definition) is 1. The Hall–Kier alpha value is -2.02. The van der Waals surface area contributed by atoms with Crippen LogP contribution in [0.15, 0.2) is 18.2 Å². The first kappa shape index (κ1) is 13.4. The van der Waals surface area contributed by atoms with Gasteiger partial charge in [0.25, 0.3) is 5.91 Å². The van der Waals surface area contributed by atoms with Crippen molar-refractivity contribution in [2.45, 2.75) is 18.9 Å². The average molecular weight is 268 g/mol. The molecular formula is C12H13FN2O4. The molecule has 1 aliphatic heterocycles. The quantitative estimate of drug-likeness (QED) is 0.648. The minimum atomic E-state index is -0.962. The average Bonchev–Trinajstić information content (AvgIpc) is 2.39.